The summed E-state index contributed by atoms with van der Waals surface area (Å²) in [6.07, 6.45) is 7.33. The number of benzene rings is 2. The van der Waals surface area contributed by atoms with Crippen molar-refractivity contribution in [2.75, 3.05) is 30.8 Å². The van der Waals surface area contributed by atoms with E-state index in [0.717, 1.165) is 12.5 Å². The molecule has 170 valence electrons. The predicted octanol–water partition coefficient (Wildman–Crippen LogP) is 3.66. The number of aromatic nitrogens is 2. The number of terminal acetylenes is 1. The predicted molar refractivity (Wildman–Crippen MR) is 125 cm³/mol. The fourth-order valence-electron chi connectivity index (χ4n) is 2.69. The third kappa shape index (κ3) is 6.92. The molecule has 3 rings (SSSR count). The summed E-state index contributed by atoms with van der Waals surface area (Å²) in [6.45, 7) is 0.562. The second-order valence-electron chi connectivity index (χ2n) is 6.74. The van der Waals surface area contributed by atoms with Crippen LogP contribution in [0.3, 0.4) is 0 Å². The van der Waals surface area contributed by atoms with Crippen molar-refractivity contribution in [2.24, 2.45) is 0 Å². The van der Waals surface area contributed by atoms with Crippen LogP contribution in [0.2, 0.25) is 0 Å². The summed E-state index contributed by atoms with van der Waals surface area (Å²) in [4.78, 5) is 19.2. The van der Waals surface area contributed by atoms with E-state index in [1.165, 1.54) is 0 Å². The van der Waals surface area contributed by atoms with Crippen molar-refractivity contribution >= 4 is 40.8 Å². The maximum absolute atomic E-state index is 14.2. The molecule has 10 heteroatoms. The van der Waals surface area contributed by atoms with Gasteiger partial charge in [0.15, 0.2) is 16.5 Å². The number of ether oxygens (including phenoxy) is 1. The molecule has 33 heavy (non-hydrogen) atoms. The van der Waals surface area contributed by atoms with Crippen LogP contribution in [0.5, 0.6) is 5.75 Å². The first kappa shape index (κ1) is 24.0. The summed E-state index contributed by atoms with van der Waals surface area (Å²) in [5, 5.41) is 5.90. The number of halogens is 1. The fourth-order valence-corrected chi connectivity index (χ4v) is 3.69. The lowest BCUT2D eigenvalue weighted by Crippen LogP contribution is -2.28. The van der Waals surface area contributed by atoms with E-state index in [1.807, 2.05) is 0 Å². The van der Waals surface area contributed by atoms with Crippen molar-refractivity contribution in [3.8, 4) is 18.1 Å². The van der Waals surface area contributed by atoms with Crippen LogP contribution in [0, 0.1) is 18.2 Å². The molecule has 0 aliphatic heterocycles. The van der Waals surface area contributed by atoms with Gasteiger partial charge < -0.3 is 24.7 Å². The maximum atomic E-state index is 14.2. The number of aldehydes is 1. The van der Waals surface area contributed by atoms with Gasteiger partial charge in [0, 0.05) is 24.8 Å². The van der Waals surface area contributed by atoms with E-state index in [4.69, 9.17) is 11.2 Å². The van der Waals surface area contributed by atoms with Gasteiger partial charge in [-0.05, 0) is 48.5 Å². The smallest absolute Gasteiger partial charge is 0.229 e. The van der Waals surface area contributed by atoms with E-state index in [2.05, 4.69) is 26.5 Å². The van der Waals surface area contributed by atoms with E-state index in [-0.39, 0.29) is 18.4 Å². The van der Waals surface area contributed by atoms with Crippen LogP contribution < -0.4 is 15.4 Å². The number of carbonyl (C=O) groups is 1. The number of carbonyl (C=O) groups excluding carboxylic acids is 1. The maximum Gasteiger partial charge on any atom is 0.229 e. The molecule has 1 heterocycles. The zero-order valence-corrected chi connectivity index (χ0v) is 18.6. The summed E-state index contributed by atoms with van der Waals surface area (Å²) >= 11 is -1.38. The number of nitrogens with one attached hydrogen (secondary N) is 2. The summed E-state index contributed by atoms with van der Waals surface area (Å²) in [6, 6.07) is 13.7. The van der Waals surface area contributed by atoms with E-state index in [9.17, 15) is 13.7 Å². The molecule has 0 aliphatic rings. The quantitative estimate of drug-likeness (QED) is 0.250. The van der Waals surface area contributed by atoms with Crippen molar-refractivity contribution in [3.05, 3.63) is 60.5 Å². The molecule has 1 unspecified atom stereocenters. The highest BCUT2D eigenvalue weighted by molar-refractivity contribution is 7.89. The van der Waals surface area contributed by atoms with Crippen molar-refractivity contribution in [1.82, 2.24) is 14.3 Å². The first-order chi connectivity index (χ1) is 16.0. The van der Waals surface area contributed by atoms with Crippen LogP contribution in [-0.2, 0) is 16.2 Å². The Morgan fingerprint density at radius 3 is 2.52 bits per heavy atom. The van der Waals surface area contributed by atoms with E-state index < -0.39 is 17.2 Å². The second-order valence-corrected chi connectivity index (χ2v) is 8.33. The highest BCUT2D eigenvalue weighted by atomic mass is 32.2. The topological polar surface area (TPSA) is 102 Å². The number of rotatable bonds is 11. The normalized spacial score (nSPS) is 11.5. The van der Waals surface area contributed by atoms with Crippen molar-refractivity contribution in [3.63, 3.8) is 0 Å². The Balaban J connectivity index is 1.66. The molecule has 3 aromatic rings. The Bertz CT molecular complexity index is 1110. The van der Waals surface area contributed by atoms with E-state index in [0.29, 0.717) is 35.0 Å². The molecule has 1 atom stereocenters. The summed E-state index contributed by atoms with van der Waals surface area (Å²) < 4.78 is 33.6. The highest BCUT2D eigenvalue weighted by Crippen LogP contribution is 2.23. The van der Waals surface area contributed by atoms with Gasteiger partial charge in [0.2, 0.25) is 5.95 Å². The Hall–Kier alpha value is -3.65. The SMILES string of the molecule is C#CCOc1ccc(Nc2nc(Nc3ccc([S+]([O-])N(C)CCC=O)cc3)ncc2F)cc1. The van der Waals surface area contributed by atoms with Gasteiger partial charge in [-0.3, -0.25) is 0 Å². The minimum atomic E-state index is -1.38. The number of hydrogen-bond donors (Lipinski definition) is 2. The molecule has 0 amide bonds. The van der Waals surface area contributed by atoms with Gasteiger partial charge in [0.1, 0.15) is 18.6 Å². The van der Waals surface area contributed by atoms with Crippen molar-refractivity contribution < 1.29 is 18.5 Å². The monoisotopic (exact) mass is 467 g/mol. The van der Waals surface area contributed by atoms with Crippen molar-refractivity contribution in [2.45, 2.75) is 11.3 Å². The van der Waals surface area contributed by atoms with Crippen LogP contribution >= 0.6 is 0 Å². The summed E-state index contributed by atoms with van der Waals surface area (Å²) in [5.74, 6) is 2.56. The lowest BCUT2D eigenvalue weighted by Gasteiger charge is -2.19. The van der Waals surface area contributed by atoms with E-state index >= 15 is 0 Å². The Morgan fingerprint density at radius 1 is 1.18 bits per heavy atom. The van der Waals surface area contributed by atoms with Gasteiger partial charge in [0.25, 0.3) is 0 Å². The Kier molecular flexibility index (Phi) is 8.60. The standard InChI is InChI=1S/C23H22FN5O3S/c1-3-15-32-19-9-5-17(6-10-19)26-22-21(24)16-25-23(28-22)27-18-7-11-20(12-8-18)33(31)29(2)13-4-14-30/h1,5-12,14,16H,4,13,15H2,2H3,(H2,25,26,27,28). The molecular formula is C23H22FN5O3S. The molecule has 1 aromatic heterocycles. The molecule has 8 nitrogen and oxygen atoms in total. The lowest BCUT2D eigenvalue weighted by atomic mass is 10.3. The fraction of sp³-hybridized carbons (Fsp3) is 0.174. The first-order valence-electron chi connectivity index (χ1n) is 9.90. The average Bonchev–Trinajstić information content (AvgIpc) is 2.84. The van der Waals surface area contributed by atoms with Gasteiger partial charge in [0.05, 0.1) is 24.1 Å². The zero-order chi connectivity index (χ0) is 23.6. The largest absolute Gasteiger partial charge is 0.593 e. The van der Waals surface area contributed by atoms with E-state index in [1.54, 1.807) is 59.9 Å². The minimum Gasteiger partial charge on any atom is -0.593 e. The molecule has 0 radical (unpaired) electrons. The Labute approximate surface area is 194 Å². The first-order valence-corrected chi connectivity index (χ1v) is 11.0. The van der Waals surface area contributed by atoms with Gasteiger partial charge in [-0.1, -0.05) is 5.92 Å². The highest BCUT2D eigenvalue weighted by Gasteiger charge is 2.17. The number of nitrogens with zero attached hydrogens (tertiary/aromatic N) is 3. The number of anilines is 4. The van der Waals surface area contributed by atoms with Crippen LogP contribution in [0.25, 0.3) is 0 Å². The van der Waals surface area contributed by atoms with Gasteiger partial charge >= 0.3 is 0 Å². The lowest BCUT2D eigenvalue weighted by molar-refractivity contribution is -0.107. The molecule has 0 aliphatic carbocycles. The van der Waals surface area contributed by atoms with Crippen LogP contribution in [0.1, 0.15) is 6.42 Å². The number of hydrogen-bond acceptors (Lipinski definition) is 8. The Morgan fingerprint density at radius 2 is 1.85 bits per heavy atom. The van der Waals surface area contributed by atoms with Gasteiger partial charge in [-0.15, -0.1) is 10.7 Å². The summed E-state index contributed by atoms with van der Waals surface area (Å²) in [5.41, 5.74) is 1.25. The zero-order valence-electron chi connectivity index (χ0n) is 17.8. The molecule has 2 N–H and O–H groups in total. The molecule has 0 bridgehead atoms. The average molecular weight is 468 g/mol. The third-order valence-corrected chi connectivity index (χ3v) is 5.76. The van der Waals surface area contributed by atoms with Gasteiger partial charge in [-0.2, -0.15) is 4.98 Å². The van der Waals surface area contributed by atoms with Crippen LogP contribution in [0.15, 0.2) is 59.6 Å². The molecule has 0 saturated heterocycles. The van der Waals surface area contributed by atoms with Crippen molar-refractivity contribution in [1.29, 1.82) is 0 Å². The third-order valence-electron chi connectivity index (χ3n) is 4.34. The molecule has 0 fully saturated rings. The minimum absolute atomic E-state index is 0.000630. The van der Waals surface area contributed by atoms with Crippen LogP contribution in [-0.4, -0.2) is 45.3 Å². The molecule has 0 saturated carbocycles. The van der Waals surface area contributed by atoms with Crippen LogP contribution in [0.4, 0.5) is 27.5 Å². The molecular weight excluding hydrogens is 445 g/mol. The van der Waals surface area contributed by atoms with Gasteiger partial charge in [-0.25, -0.2) is 9.37 Å². The molecule has 2 aromatic carbocycles. The second kappa shape index (κ2) is 11.8. The summed E-state index contributed by atoms with van der Waals surface area (Å²) in [7, 11) is 1.69. The molecule has 0 spiro atoms.